The molecule has 0 unspecified atom stereocenters. The monoisotopic (exact) mass is 86.1 g/mol. The molecule has 0 aliphatic carbocycles. The first-order valence-electron chi connectivity index (χ1n) is 3.10. The third-order valence-electron chi connectivity index (χ3n) is 1.05. The lowest BCUT2D eigenvalue weighted by Crippen LogP contribution is -2.21. The second-order valence-electron chi connectivity index (χ2n) is 1.62. The molecule has 0 saturated carbocycles. The lowest BCUT2D eigenvalue weighted by atomic mass is 10.2. The Bertz CT molecular complexity index is 50.0. The molecule has 1 heteroatoms. The minimum Gasteiger partial charge on any atom is -0.317 e. The molecule has 0 radical (unpaired) electrons. The second kappa shape index (κ2) is 2.19. The van der Waals surface area contributed by atoms with Gasteiger partial charge in [-0.1, -0.05) is 6.40 Å². The number of nitrogens with one attached hydrogen (secondary N) is 1. The normalized spacial score (nSPS) is 29.7. The first-order chi connectivity index (χ1) is 3.39. The van der Waals surface area contributed by atoms with Crippen molar-refractivity contribution in [3.05, 3.63) is 0 Å². The zero-order valence-corrected chi connectivity index (χ0v) is 3.91. The standard InChI is InChI=1S/C5H11N/c1-2-4-6-5-3-1/h6H,1-5H2/i1D. The molecule has 1 nitrogen and oxygen atoms in total. The van der Waals surface area contributed by atoms with Gasteiger partial charge in [-0.2, -0.15) is 0 Å². The van der Waals surface area contributed by atoms with Crippen molar-refractivity contribution in [2.75, 3.05) is 13.1 Å². The quantitative estimate of drug-likeness (QED) is 0.459. The minimum absolute atomic E-state index is 0.223. The molecule has 1 aliphatic rings. The van der Waals surface area contributed by atoms with Crippen LogP contribution in [0.3, 0.4) is 0 Å². The van der Waals surface area contributed by atoms with Gasteiger partial charge in [0.2, 0.25) is 0 Å². The minimum atomic E-state index is 0.223. The summed E-state index contributed by atoms with van der Waals surface area (Å²) in [4.78, 5) is 0. The van der Waals surface area contributed by atoms with Crippen LogP contribution in [0, 0.1) is 0 Å². The molecule has 36 valence electrons. The first kappa shape index (κ1) is 3.03. The van der Waals surface area contributed by atoms with Gasteiger partial charge < -0.3 is 5.32 Å². The van der Waals surface area contributed by atoms with Crippen molar-refractivity contribution >= 4 is 0 Å². The maximum absolute atomic E-state index is 7.23. The molecular formula is C5H11N. The van der Waals surface area contributed by atoms with Crippen LogP contribution < -0.4 is 5.32 Å². The Balaban J connectivity index is 2.12. The SMILES string of the molecule is [2H]C1CCNCC1. The molecule has 1 aliphatic heterocycles. The highest BCUT2D eigenvalue weighted by atomic mass is 14.9. The molecule has 0 aromatic carbocycles. The van der Waals surface area contributed by atoms with Crippen LogP contribution in [0.1, 0.15) is 20.6 Å². The third-order valence-corrected chi connectivity index (χ3v) is 1.05. The van der Waals surface area contributed by atoms with Crippen molar-refractivity contribution in [3.8, 4) is 0 Å². The van der Waals surface area contributed by atoms with Crippen molar-refractivity contribution in [3.63, 3.8) is 0 Å². The predicted molar refractivity (Wildman–Crippen MR) is 26.7 cm³/mol. The highest BCUT2D eigenvalue weighted by Gasteiger charge is 1.93. The van der Waals surface area contributed by atoms with Crippen molar-refractivity contribution < 1.29 is 1.37 Å². The van der Waals surface area contributed by atoms with E-state index in [0.717, 1.165) is 25.9 Å². The van der Waals surface area contributed by atoms with Gasteiger partial charge >= 0.3 is 0 Å². The van der Waals surface area contributed by atoms with E-state index in [-0.39, 0.29) is 6.40 Å². The molecule has 1 fully saturated rings. The van der Waals surface area contributed by atoms with E-state index in [9.17, 15) is 0 Å². The van der Waals surface area contributed by atoms with Gasteiger partial charge in [-0.25, -0.2) is 0 Å². The van der Waals surface area contributed by atoms with Crippen molar-refractivity contribution in [1.82, 2.24) is 5.32 Å². The highest BCUT2D eigenvalue weighted by Crippen LogP contribution is 1.96. The molecule has 0 bridgehead atoms. The summed E-state index contributed by atoms with van der Waals surface area (Å²) < 4.78 is 7.23. The topological polar surface area (TPSA) is 12.0 Å². The van der Waals surface area contributed by atoms with E-state index in [0.29, 0.717) is 0 Å². The summed E-state index contributed by atoms with van der Waals surface area (Å²) >= 11 is 0. The van der Waals surface area contributed by atoms with Gasteiger partial charge in [0.1, 0.15) is 0 Å². The fraction of sp³-hybridized carbons (Fsp3) is 1.00. The zero-order chi connectivity index (χ0) is 5.11. The Labute approximate surface area is 40.1 Å². The Morgan fingerprint density at radius 2 is 2.00 bits per heavy atom. The average Bonchev–Trinajstić information content (AvgIpc) is 1.69. The molecule has 1 N–H and O–H groups in total. The summed E-state index contributed by atoms with van der Waals surface area (Å²) in [5, 5.41) is 3.20. The maximum atomic E-state index is 7.23. The van der Waals surface area contributed by atoms with Crippen LogP contribution in [0.2, 0.25) is 0 Å². The molecule has 6 heavy (non-hydrogen) atoms. The predicted octanol–water partition coefficient (Wildman–Crippen LogP) is 0.760. The van der Waals surface area contributed by atoms with E-state index in [1.54, 1.807) is 0 Å². The lowest BCUT2D eigenvalue weighted by Gasteiger charge is -2.08. The average molecular weight is 86.2 g/mol. The van der Waals surface area contributed by atoms with Crippen LogP contribution in [0.5, 0.6) is 0 Å². The van der Waals surface area contributed by atoms with Gasteiger partial charge in [-0.15, -0.1) is 0 Å². The Morgan fingerprint density at radius 1 is 1.33 bits per heavy atom. The van der Waals surface area contributed by atoms with Crippen molar-refractivity contribution in [2.45, 2.75) is 19.2 Å². The van der Waals surface area contributed by atoms with E-state index in [1.807, 2.05) is 0 Å². The second-order valence-corrected chi connectivity index (χ2v) is 1.62. The summed E-state index contributed by atoms with van der Waals surface area (Å²) in [7, 11) is 0. The molecule has 1 heterocycles. The van der Waals surface area contributed by atoms with Crippen LogP contribution >= 0.6 is 0 Å². The third kappa shape index (κ3) is 0.977. The summed E-state index contributed by atoms with van der Waals surface area (Å²) in [6, 6.07) is 0. The number of hydrogen-bond acceptors (Lipinski definition) is 1. The van der Waals surface area contributed by atoms with E-state index in [2.05, 4.69) is 5.32 Å². The Kier molecular flexibility index (Phi) is 1.10. The molecule has 0 amide bonds. The molecule has 1 saturated heterocycles. The molecule has 0 spiro atoms. The molecule has 0 aromatic heterocycles. The Morgan fingerprint density at radius 3 is 2.33 bits per heavy atom. The van der Waals surface area contributed by atoms with E-state index >= 15 is 0 Å². The van der Waals surface area contributed by atoms with Gasteiger partial charge in [-0.05, 0) is 25.9 Å². The fourth-order valence-corrected chi connectivity index (χ4v) is 0.678. The van der Waals surface area contributed by atoms with Gasteiger partial charge in [0.25, 0.3) is 0 Å². The summed E-state index contributed by atoms with van der Waals surface area (Å²) in [5.41, 5.74) is 0. The smallest absolute Gasteiger partial charge is 0.0267 e. The number of rotatable bonds is 0. The lowest BCUT2D eigenvalue weighted by molar-refractivity contribution is 0.520. The summed E-state index contributed by atoms with van der Waals surface area (Å²) in [5.74, 6) is 0. The first-order valence-corrected chi connectivity index (χ1v) is 2.52. The van der Waals surface area contributed by atoms with Crippen LogP contribution in [-0.4, -0.2) is 13.1 Å². The van der Waals surface area contributed by atoms with E-state index in [1.165, 1.54) is 0 Å². The fourth-order valence-electron chi connectivity index (χ4n) is 0.678. The Hall–Kier alpha value is -0.0400. The van der Waals surface area contributed by atoms with Gasteiger partial charge in [-0.3, -0.25) is 0 Å². The summed E-state index contributed by atoms with van der Waals surface area (Å²) in [6.45, 7) is 2.10. The largest absolute Gasteiger partial charge is 0.317 e. The highest BCUT2D eigenvalue weighted by molar-refractivity contribution is 4.55. The maximum Gasteiger partial charge on any atom is 0.0267 e. The van der Waals surface area contributed by atoms with Crippen LogP contribution in [-0.2, 0) is 0 Å². The van der Waals surface area contributed by atoms with E-state index in [4.69, 9.17) is 1.37 Å². The van der Waals surface area contributed by atoms with Crippen molar-refractivity contribution in [1.29, 1.82) is 0 Å². The molecular weight excluding hydrogens is 74.1 g/mol. The number of piperidine rings is 1. The van der Waals surface area contributed by atoms with Gasteiger partial charge in [0.05, 0.1) is 0 Å². The van der Waals surface area contributed by atoms with Gasteiger partial charge in [0, 0.05) is 1.37 Å². The van der Waals surface area contributed by atoms with Crippen LogP contribution in [0.4, 0.5) is 0 Å². The van der Waals surface area contributed by atoms with E-state index < -0.39 is 0 Å². The van der Waals surface area contributed by atoms with Crippen LogP contribution in [0.15, 0.2) is 0 Å². The summed E-state index contributed by atoms with van der Waals surface area (Å²) in [6.07, 6.45) is 2.31. The molecule has 0 aromatic rings. The molecule has 0 atom stereocenters. The van der Waals surface area contributed by atoms with Crippen LogP contribution in [0.25, 0.3) is 0 Å². The van der Waals surface area contributed by atoms with Gasteiger partial charge in [0.15, 0.2) is 0 Å². The number of hydrogen-bond donors (Lipinski definition) is 1. The van der Waals surface area contributed by atoms with Crippen molar-refractivity contribution in [2.24, 2.45) is 0 Å². The molecule has 1 rings (SSSR count). The zero-order valence-electron chi connectivity index (χ0n) is 4.91.